The number of pyridine rings is 1. The zero-order chi connectivity index (χ0) is 19.2. The van der Waals surface area contributed by atoms with Crippen LogP contribution in [-0.4, -0.2) is 38.9 Å². The van der Waals surface area contributed by atoms with Gasteiger partial charge in [-0.15, -0.1) is 0 Å². The molecule has 7 heteroatoms. The van der Waals surface area contributed by atoms with Crippen molar-refractivity contribution in [3.8, 4) is 17.1 Å². The summed E-state index contributed by atoms with van der Waals surface area (Å²) in [5, 5.41) is 2.49. The first-order valence-electron chi connectivity index (χ1n) is 8.78. The Morgan fingerprint density at radius 3 is 2.67 bits per heavy atom. The van der Waals surface area contributed by atoms with Gasteiger partial charge in [-0.05, 0) is 24.3 Å². The van der Waals surface area contributed by atoms with Gasteiger partial charge in [0.25, 0.3) is 5.91 Å². The van der Waals surface area contributed by atoms with Crippen LogP contribution in [0.1, 0.15) is 13.8 Å². The van der Waals surface area contributed by atoms with Crippen molar-refractivity contribution in [2.45, 2.75) is 13.8 Å². The van der Waals surface area contributed by atoms with Gasteiger partial charge in [0, 0.05) is 31.1 Å². The first-order chi connectivity index (χ1) is 13.2. The van der Waals surface area contributed by atoms with E-state index in [1.165, 1.54) is 0 Å². The molecule has 0 atom stereocenters. The second-order valence-corrected chi connectivity index (χ2v) is 5.43. The summed E-state index contributed by atoms with van der Waals surface area (Å²) in [5.41, 5.74) is 3.55. The number of fused-ring (bicyclic) bond motifs is 3. The van der Waals surface area contributed by atoms with Crippen molar-refractivity contribution < 1.29 is 9.53 Å². The van der Waals surface area contributed by atoms with Gasteiger partial charge in [-0.1, -0.05) is 26.0 Å². The molecule has 7 nitrogen and oxygen atoms in total. The highest BCUT2D eigenvalue weighted by Crippen LogP contribution is 2.21. The monoisotopic (exact) mass is 363 g/mol. The van der Waals surface area contributed by atoms with Crippen molar-refractivity contribution in [2.75, 3.05) is 13.7 Å². The molecule has 0 aliphatic rings. The van der Waals surface area contributed by atoms with Gasteiger partial charge in [-0.2, -0.15) is 0 Å². The van der Waals surface area contributed by atoms with E-state index in [1.807, 2.05) is 60.8 Å². The third-order valence-electron chi connectivity index (χ3n) is 3.84. The van der Waals surface area contributed by atoms with Crippen molar-refractivity contribution in [3.05, 3.63) is 54.9 Å². The fourth-order valence-electron chi connectivity index (χ4n) is 2.54. The van der Waals surface area contributed by atoms with Crippen molar-refractivity contribution in [1.29, 1.82) is 0 Å². The maximum absolute atomic E-state index is 11.2. The summed E-state index contributed by atoms with van der Waals surface area (Å²) in [4.78, 5) is 24.5. The Morgan fingerprint density at radius 2 is 1.93 bits per heavy atom. The van der Waals surface area contributed by atoms with E-state index in [9.17, 15) is 4.79 Å². The molecule has 0 saturated carbocycles. The number of hydrogen-bond acceptors (Lipinski definition) is 5. The second-order valence-electron chi connectivity index (χ2n) is 5.43. The van der Waals surface area contributed by atoms with Crippen LogP contribution in [-0.2, 0) is 4.79 Å². The molecule has 1 N–H and O–H groups in total. The zero-order valence-corrected chi connectivity index (χ0v) is 15.5. The lowest BCUT2D eigenvalue weighted by molar-refractivity contribution is -0.122. The lowest BCUT2D eigenvalue weighted by Gasteiger charge is -2.05. The van der Waals surface area contributed by atoms with E-state index in [1.54, 1.807) is 19.3 Å². The second kappa shape index (κ2) is 8.27. The number of nitrogens with zero attached hydrogens (tertiary/aromatic N) is 4. The molecule has 0 aliphatic carbocycles. The van der Waals surface area contributed by atoms with Crippen LogP contribution in [0.5, 0.6) is 5.88 Å². The highest BCUT2D eigenvalue weighted by atomic mass is 16.5. The number of aromatic nitrogens is 4. The van der Waals surface area contributed by atoms with Crippen LogP contribution in [0.15, 0.2) is 54.9 Å². The van der Waals surface area contributed by atoms with Crippen LogP contribution in [0.25, 0.3) is 28.1 Å². The van der Waals surface area contributed by atoms with Gasteiger partial charge < -0.3 is 10.1 Å². The summed E-state index contributed by atoms with van der Waals surface area (Å²) in [6.45, 7) is 3.94. The summed E-state index contributed by atoms with van der Waals surface area (Å²) in [7, 11) is 1.56. The molecule has 0 spiro atoms. The van der Waals surface area contributed by atoms with Gasteiger partial charge in [0.1, 0.15) is 0 Å². The minimum atomic E-state index is -0.204. The molecule has 0 bridgehead atoms. The third kappa shape index (κ3) is 3.87. The summed E-state index contributed by atoms with van der Waals surface area (Å²) in [6.07, 6.45) is 3.61. The Balaban J connectivity index is 0.00000102. The molecule has 0 unspecified atom stereocenters. The molecular formula is C20H21N5O2. The van der Waals surface area contributed by atoms with Crippen LogP contribution in [0.2, 0.25) is 0 Å². The van der Waals surface area contributed by atoms with Gasteiger partial charge in [-0.3, -0.25) is 9.20 Å². The Hall–Kier alpha value is -3.48. The van der Waals surface area contributed by atoms with E-state index in [0.29, 0.717) is 11.7 Å². The van der Waals surface area contributed by atoms with Crippen molar-refractivity contribution >= 4 is 22.7 Å². The first kappa shape index (κ1) is 18.3. The quantitative estimate of drug-likeness (QED) is 0.602. The van der Waals surface area contributed by atoms with E-state index < -0.39 is 0 Å². The Labute approximate surface area is 157 Å². The zero-order valence-electron chi connectivity index (χ0n) is 15.5. The fourth-order valence-corrected chi connectivity index (χ4v) is 2.54. The molecule has 0 saturated heterocycles. The molecule has 1 amide bonds. The number of hydrogen-bond donors (Lipinski definition) is 1. The van der Waals surface area contributed by atoms with Crippen molar-refractivity contribution in [2.24, 2.45) is 0 Å². The Morgan fingerprint density at radius 1 is 1.11 bits per heavy atom. The standard InChI is InChI=1S/C18H15N5O2.C2H6/c1-19-16(24)11-25-17-7-6-12(10-20-17)13-8-9-23-15-5-3-2-4-14(15)22-18(23)21-13;1-2/h2-10H,11H2,1H3,(H,19,24);1-2H3. The van der Waals surface area contributed by atoms with E-state index in [4.69, 9.17) is 4.74 Å². The van der Waals surface area contributed by atoms with Crippen LogP contribution in [0, 0.1) is 0 Å². The highest BCUT2D eigenvalue weighted by Gasteiger charge is 2.08. The minimum absolute atomic E-state index is 0.0618. The van der Waals surface area contributed by atoms with Gasteiger partial charge in [-0.25, -0.2) is 15.0 Å². The number of carbonyl (C=O) groups is 1. The predicted molar refractivity (Wildman–Crippen MR) is 105 cm³/mol. The van der Waals surface area contributed by atoms with Crippen molar-refractivity contribution in [1.82, 2.24) is 24.7 Å². The van der Waals surface area contributed by atoms with Gasteiger partial charge in [0.05, 0.1) is 16.7 Å². The Kier molecular flexibility index (Phi) is 5.61. The van der Waals surface area contributed by atoms with E-state index >= 15 is 0 Å². The number of amides is 1. The number of likely N-dealkylation sites (N-methyl/N-ethyl adjacent to an activating group) is 1. The third-order valence-corrected chi connectivity index (χ3v) is 3.84. The SMILES string of the molecule is CC.CNC(=O)COc1ccc(-c2ccn3c(n2)nc2ccccc23)cn1. The molecule has 0 aliphatic heterocycles. The molecule has 0 radical (unpaired) electrons. The van der Waals surface area contributed by atoms with Crippen LogP contribution in [0.3, 0.4) is 0 Å². The number of carbonyl (C=O) groups excluding carboxylic acids is 1. The first-order valence-corrected chi connectivity index (χ1v) is 8.78. The molecular weight excluding hydrogens is 342 g/mol. The number of para-hydroxylation sites is 2. The van der Waals surface area contributed by atoms with Crippen LogP contribution in [0.4, 0.5) is 0 Å². The smallest absolute Gasteiger partial charge is 0.257 e. The summed E-state index contributed by atoms with van der Waals surface area (Å²) >= 11 is 0. The molecule has 3 aromatic heterocycles. The normalized spacial score (nSPS) is 10.3. The van der Waals surface area contributed by atoms with Gasteiger partial charge >= 0.3 is 0 Å². The van der Waals surface area contributed by atoms with Gasteiger partial charge in [0.2, 0.25) is 11.7 Å². The average Bonchev–Trinajstić information content (AvgIpc) is 3.11. The van der Waals surface area contributed by atoms with Gasteiger partial charge in [0.15, 0.2) is 6.61 Å². The van der Waals surface area contributed by atoms with Crippen LogP contribution >= 0.6 is 0 Å². The van der Waals surface area contributed by atoms with E-state index in [-0.39, 0.29) is 12.5 Å². The van der Waals surface area contributed by atoms with Crippen molar-refractivity contribution in [3.63, 3.8) is 0 Å². The van der Waals surface area contributed by atoms with E-state index in [2.05, 4.69) is 20.3 Å². The number of imidazole rings is 1. The largest absolute Gasteiger partial charge is 0.468 e. The lowest BCUT2D eigenvalue weighted by Crippen LogP contribution is -2.25. The summed E-state index contributed by atoms with van der Waals surface area (Å²) < 4.78 is 7.25. The summed E-state index contributed by atoms with van der Waals surface area (Å²) in [6, 6.07) is 13.4. The molecule has 3 heterocycles. The topological polar surface area (TPSA) is 81.4 Å². The maximum atomic E-state index is 11.2. The highest BCUT2D eigenvalue weighted by molar-refractivity contribution is 5.80. The Bertz CT molecular complexity index is 1060. The molecule has 1 aromatic carbocycles. The van der Waals surface area contributed by atoms with E-state index in [0.717, 1.165) is 22.3 Å². The number of ether oxygens (including phenoxy) is 1. The molecule has 4 aromatic rings. The molecule has 0 fully saturated rings. The maximum Gasteiger partial charge on any atom is 0.257 e. The minimum Gasteiger partial charge on any atom is -0.468 e. The fraction of sp³-hybridized carbons (Fsp3) is 0.200. The molecule has 27 heavy (non-hydrogen) atoms. The number of rotatable bonds is 4. The van der Waals surface area contributed by atoms with Crippen LogP contribution < -0.4 is 10.1 Å². The summed E-state index contributed by atoms with van der Waals surface area (Å²) in [5.74, 6) is 0.822. The average molecular weight is 363 g/mol. The lowest BCUT2D eigenvalue weighted by atomic mass is 10.2. The number of benzene rings is 1. The predicted octanol–water partition coefficient (Wildman–Crippen LogP) is 3.10. The molecule has 138 valence electrons. The number of nitrogens with one attached hydrogen (secondary N) is 1. The molecule has 4 rings (SSSR count).